The average Bonchev–Trinajstić information content (AvgIpc) is 2.36. The van der Waals surface area contributed by atoms with Gasteiger partial charge in [0, 0.05) is 19.5 Å². The van der Waals surface area contributed by atoms with Crippen LogP contribution in [0.15, 0.2) is 0 Å². The van der Waals surface area contributed by atoms with Crippen LogP contribution in [0, 0.1) is 5.92 Å². The van der Waals surface area contributed by atoms with Gasteiger partial charge in [-0.3, -0.25) is 4.79 Å². The molecule has 0 aromatic rings. The van der Waals surface area contributed by atoms with Crippen molar-refractivity contribution in [2.45, 2.75) is 65.2 Å². The Balaban J connectivity index is 3.22. The molecule has 0 bridgehead atoms. The van der Waals surface area contributed by atoms with Crippen molar-refractivity contribution in [1.29, 1.82) is 0 Å². The van der Waals surface area contributed by atoms with E-state index < -0.39 is 5.97 Å². The van der Waals surface area contributed by atoms with Crippen LogP contribution in [0.5, 0.6) is 0 Å². The molecule has 0 heterocycles. The number of carbonyl (C=O) groups excluding carboxylic acids is 1. The van der Waals surface area contributed by atoms with Crippen LogP contribution < -0.4 is 10.6 Å². The van der Waals surface area contributed by atoms with E-state index in [4.69, 9.17) is 5.11 Å². The molecule has 5 heteroatoms. The number of rotatable bonds is 12. The van der Waals surface area contributed by atoms with Crippen molar-refractivity contribution in [2.24, 2.45) is 5.92 Å². The minimum atomic E-state index is -0.785. The van der Waals surface area contributed by atoms with Crippen LogP contribution in [-0.4, -0.2) is 30.2 Å². The number of hydrogen-bond acceptors (Lipinski definition) is 2. The van der Waals surface area contributed by atoms with E-state index >= 15 is 0 Å². The minimum Gasteiger partial charge on any atom is -0.481 e. The van der Waals surface area contributed by atoms with Gasteiger partial charge in [0.25, 0.3) is 0 Å². The van der Waals surface area contributed by atoms with E-state index in [1.54, 1.807) is 0 Å². The number of carboxylic acids is 1. The van der Waals surface area contributed by atoms with Crippen LogP contribution in [-0.2, 0) is 4.79 Å². The molecule has 0 aliphatic heterocycles. The van der Waals surface area contributed by atoms with E-state index in [0.29, 0.717) is 25.9 Å². The van der Waals surface area contributed by atoms with Crippen LogP contribution in [0.25, 0.3) is 0 Å². The first-order valence-corrected chi connectivity index (χ1v) is 7.76. The first-order valence-electron chi connectivity index (χ1n) is 7.76. The predicted molar refractivity (Wildman–Crippen MR) is 80.8 cm³/mol. The standard InChI is InChI=1S/C15H30N2O3/c1-13(2)9-5-3-4-7-11-16-15(20)17-12-8-6-10-14(18)19/h13H,3-12H2,1-2H3,(H,18,19)(H2,16,17,20). The topological polar surface area (TPSA) is 78.4 Å². The fourth-order valence-corrected chi connectivity index (χ4v) is 1.90. The quantitative estimate of drug-likeness (QED) is 0.482. The molecule has 0 saturated heterocycles. The number of carboxylic acid groups (broad SMARTS) is 1. The number of hydrogen-bond donors (Lipinski definition) is 3. The average molecular weight is 286 g/mol. The summed E-state index contributed by atoms with van der Waals surface area (Å²) in [6, 6.07) is -0.150. The third kappa shape index (κ3) is 14.8. The van der Waals surface area contributed by atoms with Crippen LogP contribution >= 0.6 is 0 Å². The van der Waals surface area contributed by atoms with Gasteiger partial charge in [0.05, 0.1) is 0 Å². The largest absolute Gasteiger partial charge is 0.481 e. The van der Waals surface area contributed by atoms with Gasteiger partial charge in [-0.2, -0.15) is 0 Å². The molecule has 0 aromatic heterocycles. The Bertz CT molecular complexity index is 268. The van der Waals surface area contributed by atoms with E-state index in [1.807, 2.05) is 0 Å². The maximum absolute atomic E-state index is 11.4. The Morgan fingerprint density at radius 2 is 1.45 bits per heavy atom. The van der Waals surface area contributed by atoms with E-state index in [0.717, 1.165) is 18.8 Å². The van der Waals surface area contributed by atoms with Crippen molar-refractivity contribution >= 4 is 12.0 Å². The first kappa shape index (κ1) is 18.7. The van der Waals surface area contributed by atoms with Crippen LogP contribution in [0.2, 0.25) is 0 Å². The van der Waals surface area contributed by atoms with Gasteiger partial charge in [0.15, 0.2) is 0 Å². The van der Waals surface area contributed by atoms with Crippen LogP contribution in [0.1, 0.15) is 65.2 Å². The molecule has 0 rings (SSSR count). The molecule has 0 aliphatic rings. The van der Waals surface area contributed by atoms with Crippen molar-refractivity contribution in [3.05, 3.63) is 0 Å². The van der Waals surface area contributed by atoms with Gasteiger partial charge in [-0.25, -0.2) is 4.79 Å². The smallest absolute Gasteiger partial charge is 0.314 e. The maximum Gasteiger partial charge on any atom is 0.314 e. The number of nitrogens with one attached hydrogen (secondary N) is 2. The molecule has 0 unspecified atom stereocenters. The summed E-state index contributed by atoms with van der Waals surface area (Å²) in [6.45, 7) is 5.72. The zero-order valence-corrected chi connectivity index (χ0v) is 12.9. The van der Waals surface area contributed by atoms with Gasteiger partial charge < -0.3 is 15.7 Å². The molecular weight excluding hydrogens is 256 g/mol. The number of unbranched alkanes of at least 4 members (excludes halogenated alkanes) is 4. The molecule has 118 valence electrons. The van der Waals surface area contributed by atoms with E-state index in [1.165, 1.54) is 19.3 Å². The Morgan fingerprint density at radius 1 is 0.900 bits per heavy atom. The molecule has 5 nitrogen and oxygen atoms in total. The molecular formula is C15H30N2O3. The molecule has 20 heavy (non-hydrogen) atoms. The van der Waals surface area contributed by atoms with Gasteiger partial charge in [0.1, 0.15) is 0 Å². The van der Waals surface area contributed by atoms with Crippen molar-refractivity contribution in [1.82, 2.24) is 10.6 Å². The summed E-state index contributed by atoms with van der Waals surface area (Å²) in [6.07, 6.45) is 7.44. The third-order valence-corrected chi connectivity index (χ3v) is 3.10. The SMILES string of the molecule is CC(C)CCCCCCNC(=O)NCCCCC(=O)O. The molecule has 0 spiro atoms. The van der Waals surface area contributed by atoms with Crippen molar-refractivity contribution in [2.75, 3.05) is 13.1 Å². The highest BCUT2D eigenvalue weighted by Crippen LogP contribution is 2.08. The van der Waals surface area contributed by atoms with Gasteiger partial charge in [-0.1, -0.05) is 39.5 Å². The highest BCUT2D eigenvalue weighted by atomic mass is 16.4. The number of amides is 2. The van der Waals surface area contributed by atoms with E-state index in [2.05, 4.69) is 24.5 Å². The van der Waals surface area contributed by atoms with Gasteiger partial charge in [0.2, 0.25) is 0 Å². The molecule has 0 aromatic carbocycles. The second kappa shape index (κ2) is 12.8. The summed E-state index contributed by atoms with van der Waals surface area (Å²) < 4.78 is 0. The lowest BCUT2D eigenvalue weighted by atomic mass is 10.0. The Morgan fingerprint density at radius 3 is 2.00 bits per heavy atom. The lowest BCUT2D eigenvalue weighted by Gasteiger charge is -2.07. The van der Waals surface area contributed by atoms with E-state index in [9.17, 15) is 9.59 Å². The number of aliphatic carboxylic acids is 1. The molecule has 0 radical (unpaired) electrons. The van der Waals surface area contributed by atoms with Crippen molar-refractivity contribution in [3.8, 4) is 0 Å². The molecule has 0 atom stereocenters. The lowest BCUT2D eigenvalue weighted by Crippen LogP contribution is -2.36. The molecule has 0 fully saturated rings. The van der Waals surface area contributed by atoms with Gasteiger partial charge >= 0.3 is 12.0 Å². The summed E-state index contributed by atoms with van der Waals surface area (Å²) in [5.41, 5.74) is 0. The maximum atomic E-state index is 11.4. The van der Waals surface area contributed by atoms with Crippen molar-refractivity contribution < 1.29 is 14.7 Å². The minimum absolute atomic E-state index is 0.150. The highest BCUT2D eigenvalue weighted by molar-refractivity contribution is 5.73. The Hall–Kier alpha value is -1.26. The second-order valence-electron chi connectivity index (χ2n) is 5.63. The summed E-state index contributed by atoms with van der Waals surface area (Å²) in [5, 5.41) is 14.0. The molecule has 3 N–H and O–H groups in total. The summed E-state index contributed by atoms with van der Waals surface area (Å²) >= 11 is 0. The lowest BCUT2D eigenvalue weighted by molar-refractivity contribution is -0.137. The Kier molecular flexibility index (Phi) is 12.0. The highest BCUT2D eigenvalue weighted by Gasteiger charge is 2.00. The fraction of sp³-hybridized carbons (Fsp3) is 0.867. The fourth-order valence-electron chi connectivity index (χ4n) is 1.90. The van der Waals surface area contributed by atoms with Crippen LogP contribution in [0.3, 0.4) is 0 Å². The molecule has 2 amide bonds. The molecule has 0 aliphatic carbocycles. The first-order chi connectivity index (χ1) is 9.52. The number of urea groups is 1. The second-order valence-corrected chi connectivity index (χ2v) is 5.63. The third-order valence-electron chi connectivity index (χ3n) is 3.10. The number of carbonyl (C=O) groups is 2. The Labute approximate surface area is 122 Å². The molecule has 0 saturated carbocycles. The van der Waals surface area contributed by atoms with Crippen LogP contribution in [0.4, 0.5) is 4.79 Å². The van der Waals surface area contributed by atoms with E-state index in [-0.39, 0.29) is 12.5 Å². The predicted octanol–water partition coefficient (Wildman–Crippen LogP) is 3.15. The van der Waals surface area contributed by atoms with Gasteiger partial charge in [-0.05, 0) is 25.2 Å². The summed E-state index contributed by atoms with van der Waals surface area (Å²) in [4.78, 5) is 21.7. The van der Waals surface area contributed by atoms with Gasteiger partial charge in [-0.15, -0.1) is 0 Å². The zero-order chi connectivity index (χ0) is 15.2. The zero-order valence-electron chi connectivity index (χ0n) is 12.9. The summed E-state index contributed by atoms with van der Waals surface area (Å²) in [5.74, 6) is -0.00746. The monoisotopic (exact) mass is 286 g/mol. The van der Waals surface area contributed by atoms with Crippen molar-refractivity contribution in [3.63, 3.8) is 0 Å². The normalized spacial score (nSPS) is 10.6. The summed E-state index contributed by atoms with van der Waals surface area (Å²) in [7, 11) is 0.